The number of hydrogen-bond donors (Lipinski definition) is 1. The van der Waals surface area contributed by atoms with Gasteiger partial charge in [0.2, 0.25) is 0 Å². The van der Waals surface area contributed by atoms with Crippen LogP contribution in [0, 0.1) is 5.82 Å². The lowest BCUT2D eigenvalue weighted by Crippen LogP contribution is -2.14. The first-order valence-corrected chi connectivity index (χ1v) is 8.67. The van der Waals surface area contributed by atoms with E-state index in [2.05, 4.69) is 14.7 Å². The molecule has 0 radical (unpaired) electrons. The fourth-order valence-electron chi connectivity index (χ4n) is 1.97. The second-order valence-corrected chi connectivity index (χ2v) is 6.93. The fourth-order valence-corrected chi connectivity index (χ4v) is 3.15. The van der Waals surface area contributed by atoms with E-state index in [0.717, 1.165) is 17.7 Å². The SMILES string of the molecule is O=S(=O)(Nc1cc(F)ccc1Cl)c1cnc(-c2ccccc2)nc1. The first kappa shape index (κ1) is 16.4. The third-order valence-electron chi connectivity index (χ3n) is 3.14. The van der Waals surface area contributed by atoms with E-state index in [4.69, 9.17) is 11.6 Å². The average molecular weight is 364 g/mol. The van der Waals surface area contributed by atoms with Crippen molar-refractivity contribution in [2.24, 2.45) is 0 Å². The molecule has 0 amide bonds. The molecule has 3 rings (SSSR count). The number of aromatic nitrogens is 2. The van der Waals surface area contributed by atoms with Gasteiger partial charge in [0.15, 0.2) is 5.82 Å². The molecule has 0 fully saturated rings. The summed E-state index contributed by atoms with van der Waals surface area (Å²) in [6, 6.07) is 12.5. The Hall–Kier alpha value is -2.51. The van der Waals surface area contributed by atoms with Gasteiger partial charge in [-0.15, -0.1) is 0 Å². The molecule has 5 nitrogen and oxygen atoms in total. The van der Waals surface area contributed by atoms with Crippen LogP contribution in [0.1, 0.15) is 0 Å². The summed E-state index contributed by atoms with van der Waals surface area (Å²) in [5.74, 6) is -0.203. The molecule has 3 aromatic rings. The Morgan fingerprint density at radius 1 is 1.00 bits per heavy atom. The van der Waals surface area contributed by atoms with E-state index < -0.39 is 15.8 Å². The summed E-state index contributed by atoms with van der Waals surface area (Å²) in [5.41, 5.74) is 0.714. The van der Waals surface area contributed by atoms with Crippen molar-refractivity contribution in [1.29, 1.82) is 0 Å². The predicted molar refractivity (Wildman–Crippen MR) is 89.7 cm³/mol. The molecule has 0 unspecified atom stereocenters. The lowest BCUT2D eigenvalue weighted by Gasteiger charge is -2.09. The summed E-state index contributed by atoms with van der Waals surface area (Å²) < 4.78 is 40.2. The van der Waals surface area contributed by atoms with E-state index >= 15 is 0 Å². The first-order valence-electron chi connectivity index (χ1n) is 6.81. The van der Waals surface area contributed by atoms with Gasteiger partial charge in [-0.3, -0.25) is 4.72 Å². The normalized spacial score (nSPS) is 11.2. The second-order valence-electron chi connectivity index (χ2n) is 4.84. The van der Waals surface area contributed by atoms with Gasteiger partial charge in [0.1, 0.15) is 10.7 Å². The van der Waals surface area contributed by atoms with Gasteiger partial charge in [-0.05, 0) is 18.2 Å². The van der Waals surface area contributed by atoms with Crippen molar-refractivity contribution in [1.82, 2.24) is 9.97 Å². The Labute approximate surface area is 143 Å². The van der Waals surface area contributed by atoms with Crippen LogP contribution in [0.2, 0.25) is 5.02 Å². The van der Waals surface area contributed by atoms with Gasteiger partial charge in [0.25, 0.3) is 10.0 Å². The molecular weight excluding hydrogens is 353 g/mol. The van der Waals surface area contributed by atoms with Gasteiger partial charge >= 0.3 is 0 Å². The maximum Gasteiger partial charge on any atom is 0.265 e. The molecule has 8 heteroatoms. The smallest absolute Gasteiger partial charge is 0.265 e. The molecule has 0 saturated carbocycles. The quantitative estimate of drug-likeness (QED) is 0.766. The van der Waals surface area contributed by atoms with Crippen LogP contribution in [0.5, 0.6) is 0 Å². The molecule has 24 heavy (non-hydrogen) atoms. The van der Waals surface area contributed by atoms with Crippen molar-refractivity contribution in [3.8, 4) is 11.4 Å². The average Bonchev–Trinajstić information content (AvgIpc) is 2.59. The zero-order valence-corrected chi connectivity index (χ0v) is 13.7. The van der Waals surface area contributed by atoms with Gasteiger partial charge < -0.3 is 0 Å². The Morgan fingerprint density at radius 2 is 1.67 bits per heavy atom. The van der Waals surface area contributed by atoms with E-state index in [1.54, 1.807) is 0 Å². The van der Waals surface area contributed by atoms with Crippen molar-refractivity contribution >= 4 is 27.3 Å². The first-order chi connectivity index (χ1) is 11.5. The molecule has 2 aromatic carbocycles. The molecule has 0 bridgehead atoms. The van der Waals surface area contributed by atoms with Crippen LogP contribution in [0.25, 0.3) is 11.4 Å². The van der Waals surface area contributed by atoms with Crippen molar-refractivity contribution < 1.29 is 12.8 Å². The van der Waals surface area contributed by atoms with Gasteiger partial charge in [0, 0.05) is 5.56 Å². The van der Waals surface area contributed by atoms with Crippen molar-refractivity contribution in [2.75, 3.05) is 4.72 Å². The van der Waals surface area contributed by atoms with Gasteiger partial charge in [-0.25, -0.2) is 22.8 Å². The van der Waals surface area contributed by atoms with Crippen LogP contribution in [-0.4, -0.2) is 18.4 Å². The van der Waals surface area contributed by atoms with E-state index in [0.29, 0.717) is 5.82 Å². The highest BCUT2D eigenvalue weighted by molar-refractivity contribution is 7.92. The zero-order valence-electron chi connectivity index (χ0n) is 12.1. The monoisotopic (exact) mass is 363 g/mol. The minimum Gasteiger partial charge on any atom is -0.278 e. The highest BCUT2D eigenvalue weighted by Gasteiger charge is 2.17. The summed E-state index contributed by atoms with van der Waals surface area (Å²) in [4.78, 5) is 7.97. The summed E-state index contributed by atoms with van der Waals surface area (Å²) in [7, 11) is -3.98. The molecule has 1 aromatic heterocycles. The molecule has 0 spiro atoms. The number of sulfonamides is 1. The number of nitrogens with zero attached hydrogens (tertiary/aromatic N) is 2. The van der Waals surface area contributed by atoms with Gasteiger partial charge in [-0.2, -0.15) is 0 Å². The van der Waals surface area contributed by atoms with E-state index in [9.17, 15) is 12.8 Å². The zero-order chi connectivity index (χ0) is 17.2. The van der Waals surface area contributed by atoms with Crippen molar-refractivity contribution in [2.45, 2.75) is 4.90 Å². The van der Waals surface area contributed by atoms with Crippen LogP contribution in [0.15, 0.2) is 65.8 Å². The second kappa shape index (κ2) is 6.54. The van der Waals surface area contributed by atoms with Crippen LogP contribution in [0.4, 0.5) is 10.1 Å². The third kappa shape index (κ3) is 3.52. The van der Waals surface area contributed by atoms with Crippen LogP contribution in [0.3, 0.4) is 0 Å². The molecule has 0 saturated heterocycles. The lowest BCUT2D eigenvalue weighted by atomic mass is 10.2. The summed E-state index contributed by atoms with van der Waals surface area (Å²) in [6.07, 6.45) is 2.37. The lowest BCUT2D eigenvalue weighted by molar-refractivity contribution is 0.600. The maximum absolute atomic E-state index is 13.2. The highest BCUT2D eigenvalue weighted by Crippen LogP contribution is 2.25. The topological polar surface area (TPSA) is 72.0 Å². The van der Waals surface area contributed by atoms with Crippen molar-refractivity contribution in [3.05, 3.63) is 71.8 Å². The van der Waals surface area contributed by atoms with Gasteiger partial charge in [-0.1, -0.05) is 41.9 Å². The summed E-state index contributed by atoms with van der Waals surface area (Å²) in [6.45, 7) is 0. The Balaban J connectivity index is 1.89. The number of anilines is 1. The Bertz CT molecular complexity index is 964. The highest BCUT2D eigenvalue weighted by atomic mass is 35.5. The third-order valence-corrected chi connectivity index (χ3v) is 4.79. The number of hydrogen-bond acceptors (Lipinski definition) is 4. The molecule has 1 heterocycles. The molecular formula is C16H11ClFN3O2S. The van der Waals surface area contributed by atoms with E-state index in [1.807, 2.05) is 30.3 Å². The van der Waals surface area contributed by atoms with Crippen LogP contribution in [-0.2, 0) is 10.0 Å². The number of nitrogens with one attached hydrogen (secondary N) is 1. The molecule has 0 aliphatic carbocycles. The van der Waals surface area contributed by atoms with Crippen LogP contribution >= 0.6 is 11.6 Å². The Morgan fingerprint density at radius 3 is 2.33 bits per heavy atom. The maximum atomic E-state index is 13.2. The van der Waals surface area contributed by atoms with Crippen molar-refractivity contribution in [3.63, 3.8) is 0 Å². The molecule has 0 aliphatic rings. The van der Waals surface area contributed by atoms with E-state index in [1.165, 1.54) is 18.5 Å². The summed E-state index contributed by atoms with van der Waals surface area (Å²) in [5, 5.41) is 0.0850. The predicted octanol–water partition coefficient (Wildman–Crippen LogP) is 3.74. The van der Waals surface area contributed by atoms with Crippen LogP contribution < -0.4 is 4.72 Å². The number of halogens is 2. The largest absolute Gasteiger partial charge is 0.278 e. The van der Waals surface area contributed by atoms with Gasteiger partial charge in [0.05, 0.1) is 23.1 Å². The molecule has 0 aliphatic heterocycles. The minimum atomic E-state index is -3.98. The summed E-state index contributed by atoms with van der Waals surface area (Å²) >= 11 is 5.87. The fraction of sp³-hybridized carbons (Fsp3) is 0. The number of rotatable bonds is 4. The molecule has 0 atom stereocenters. The Kier molecular flexibility index (Phi) is 4.46. The van der Waals surface area contributed by atoms with E-state index in [-0.39, 0.29) is 15.6 Å². The standard InChI is InChI=1S/C16H11ClFN3O2S/c17-14-7-6-12(18)8-15(14)21-24(22,23)13-9-19-16(20-10-13)11-4-2-1-3-5-11/h1-10,21H. The molecule has 1 N–H and O–H groups in total. The molecule has 122 valence electrons. The number of benzene rings is 2. The minimum absolute atomic E-state index is 0.0520.